The van der Waals surface area contributed by atoms with Gasteiger partial charge in [-0.3, -0.25) is 9.69 Å². The first-order valence-electron chi connectivity index (χ1n) is 7.72. The molecule has 4 nitrogen and oxygen atoms in total. The number of hydrogen-bond donors (Lipinski definition) is 1. The largest absolute Gasteiger partial charge is 0.399 e. The molecule has 0 spiro atoms. The van der Waals surface area contributed by atoms with Crippen LogP contribution in [0.4, 0.5) is 11.4 Å². The number of rotatable bonds is 3. The summed E-state index contributed by atoms with van der Waals surface area (Å²) in [6.07, 6.45) is 3.57. The fraction of sp³-hybridized carbons (Fsp3) is 0.588. The first-order chi connectivity index (χ1) is 9.87. The van der Waals surface area contributed by atoms with Crippen molar-refractivity contribution in [3.8, 4) is 0 Å². The van der Waals surface area contributed by atoms with Gasteiger partial charge in [0.1, 0.15) is 0 Å². The predicted molar refractivity (Wildman–Crippen MR) is 88.3 cm³/mol. The SMILES string of the molecule is CN(C(=O)CN1CCCC(C)(C)CC1)c1ccc(N)cc1. The minimum Gasteiger partial charge on any atom is -0.399 e. The quantitative estimate of drug-likeness (QED) is 0.870. The summed E-state index contributed by atoms with van der Waals surface area (Å²) in [5.41, 5.74) is 7.70. The lowest BCUT2D eigenvalue weighted by atomic mass is 9.85. The Morgan fingerprint density at radius 3 is 2.57 bits per heavy atom. The van der Waals surface area contributed by atoms with Gasteiger partial charge in [-0.15, -0.1) is 0 Å². The lowest BCUT2D eigenvalue weighted by Gasteiger charge is -2.25. The Morgan fingerprint density at radius 2 is 1.90 bits per heavy atom. The molecule has 1 aromatic rings. The van der Waals surface area contributed by atoms with Crippen LogP contribution in [-0.4, -0.2) is 37.5 Å². The molecule has 2 rings (SSSR count). The van der Waals surface area contributed by atoms with E-state index in [9.17, 15) is 4.79 Å². The van der Waals surface area contributed by atoms with E-state index in [4.69, 9.17) is 5.73 Å². The highest BCUT2D eigenvalue weighted by Gasteiger charge is 2.24. The molecule has 1 fully saturated rings. The van der Waals surface area contributed by atoms with Gasteiger partial charge in [-0.2, -0.15) is 0 Å². The zero-order valence-corrected chi connectivity index (χ0v) is 13.4. The first kappa shape index (κ1) is 15.8. The van der Waals surface area contributed by atoms with E-state index in [1.807, 2.05) is 31.3 Å². The van der Waals surface area contributed by atoms with Gasteiger partial charge < -0.3 is 10.6 Å². The van der Waals surface area contributed by atoms with Crippen molar-refractivity contribution in [2.75, 3.05) is 37.3 Å². The van der Waals surface area contributed by atoms with Crippen molar-refractivity contribution in [2.45, 2.75) is 33.1 Å². The summed E-state index contributed by atoms with van der Waals surface area (Å²) in [5.74, 6) is 0.138. The Bertz CT molecular complexity index is 481. The second-order valence-corrected chi connectivity index (χ2v) is 6.84. The molecule has 0 radical (unpaired) electrons. The van der Waals surface area contributed by atoms with Crippen LogP contribution in [0.15, 0.2) is 24.3 Å². The van der Waals surface area contributed by atoms with Crippen LogP contribution in [0.1, 0.15) is 33.1 Å². The number of likely N-dealkylation sites (tertiary alicyclic amines) is 1. The predicted octanol–water partition coefficient (Wildman–Crippen LogP) is 2.74. The molecule has 0 aliphatic carbocycles. The van der Waals surface area contributed by atoms with E-state index < -0.39 is 0 Å². The second-order valence-electron chi connectivity index (χ2n) is 6.84. The third-order valence-corrected chi connectivity index (χ3v) is 4.45. The van der Waals surface area contributed by atoms with E-state index in [0.29, 0.717) is 17.6 Å². The molecule has 0 aromatic heterocycles. The van der Waals surface area contributed by atoms with Crippen molar-refractivity contribution >= 4 is 17.3 Å². The van der Waals surface area contributed by atoms with E-state index in [0.717, 1.165) is 25.2 Å². The number of anilines is 2. The number of amides is 1. The maximum atomic E-state index is 12.4. The number of nitrogens with two attached hydrogens (primary N) is 1. The Balaban J connectivity index is 1.93. The first-order valence-corrected chi connectivity index (χ1v) is 7.72. The highest BCUT2D eigenvalue weighted by molar-refractivity contribution is 5.94. The minimum absolute atomic E-state index is 0.138. The van der Waals surface area contributed by atoms with Gasteiger partial charge in [0.05, 0.1) is 6.54 Å². The van der Waals surface area contributed by atoms with Gasteiger partial charge in [0.25, 0.3) is 0 Å². The van der Waals surface area contributed by atoms with E-state index in [1.54, 1.807) is 4.90 Å². The number of likely N-dealkylation sites (N-methyl/N-ethyl adjacent to an activating group) is 1. The maximum absolute atomic E-state index is 12.4. The second kappa shape index (κ2) is 6.48. The number of carbonyl (C=O) groups excluding carboxylic acids is 1. The van der Waals surface area contributed by atoms with Gasteiger partial charge in [0.2, 0.25) is 5.91 Å². The highest BCUT2D eigenvalue weighted by Crippen LogP contribution is 2.29. The number of benzene rings is 1. The molecule has 4 heteroatoms. The lowest BCUT2D eigenvalue weighted by molar-refractivity contribution is -0.119. The van der Waals surface area contributed by atoms with Crippen LogP contribution in [0.25, 0.3) is 0 Å². The summed E-state index contributed by atoms with van der Waals surface area (Å²) in [7, 11) is 1.83. The van der Waals surface area contributed by atoms with Gasteiger partial charge >= 0.3 is 0 Å². The van der Waals surface area contributed by atoms with Gasteiger partial charge in [0.15, 0.2) is 0 Å². The fourth-order valence-electron chi connectivity index (χ4n) is 2.78. The average Bonchev–Trinajstić information content (AvgIpc) is 2.60. The number of hydrogen-bond acceptors (Lipinski definition) is 3. The molecule has 0 unspecified atom stereocenters. The number of nitrogens with zero attached hydrogens (tertiary/aromatic N) is 2. The molecule has 1 aliphatic rings. The van der Waals surface area contributed by atoms with Gasteiger partial charge in [0, 0.05) is 18.4 Å². The molecular weight excluding hydrogens is 262 g/mol. The van der Waals surface area contributed by atoms with Crippen LogP contribution in [0.3, 0.4) is 0 Å². The van der Waals surface area contributed by atoms with Crippen LogP contribution < -0.4 is 10.6 Å². The minimum atomic E-state index is 0.138. The summed E-state index contributed by atoms with van der Waals surface area (Å²) in [6, 6.07) is 7.43. The lowest BCUT2D eigenvalue weighted by Crippen LogP contribution is -2.39. The third-order valence-electron chi connectivity index (χ3n) is 4.45. The molecule has 0 bridgehead atoms. The van der Waals surface area contributed by atoms with Crippen molar-refractivity contribution in [2.24, 2.45) is 5.41 Å². The van der Waals surface area contributed by atoms with E-state index in [1.165, 1.54) is 12.8 Å². The molecule has 1 heterocycles. The van der Waals surface area contributed by atoms with Crippen LogP contribution in [-0.2, 0) is 4.79 Å². The molecule has 2 N–H and O–H groups in total. The monoisotopic (exact) mass is 289 g/mol. The molecule has 1 aromatic carbocycles. The van der Waals surface area contributed by atoms with Crippen molar-refractivity contribution < 1.29 is 4.79 Å². The number of nitrogen functional groups attached to an aromatic ring is 1. The van der Waals surface area contributed by atoms with E-state index in [2.05, 4.69) is 18.7 Å². The van der Waals surface area contributed by atoms with E-state index >= 15 is 0 Å². The maximum Gasteiger partial charge on any atom is 0.240 e. The molecule has 116 valence electrons. The molecule has 0 atom stereocenters. The summed E-state index contributed by atoms with van der Waals surface area (Å²) >= 11 is 0. The zero-order chi connectivity index (χ0) is 15.5. The molecule has 1 aliphatic heterocycles. The Morgan fingerprint density at radius 1 is 1.24 bits per heavy atom. The third kappa shape index (κ3) is 4.46. The molecular formula is C17H27N3O. The Hall–Kier alpha value is -1.55. The molecule has 0 saturated carbocycles. The number of carbonyl (C=O) groups is 1. The van der Waals surface area contributed by atoms with Crippen LogP contribution in [0.2, 0.25) is 0 Å². The summed E-state index contributed by atoms with van der Waals surface area (Å²) in [4.78, 5) is 16.4. The van der Waals surface area contributed by atoms with Gasteiger partial charge in [-0.25, -0.2) is 0 Å². The van der Waals surface area contributed by atoms with E-state index in [-0.39, 0.29) is 5.91 Å². The molecule has 1 saturated heterocycles. The highest BCUT2D eigenvalue weighted by atomic mass is 16.2. The summed E-state index contributed by atoms with van der Waals surface area (Å²) < 4.78 is 0. The normalized spacial score (nSPS) is 19.0. The summed E-state index contributed by atoms with van der Waals surface area (Å²) in [6.45, 7) is 7.16. The van der Waals surface area contributed by atoms with Crippen molar-refractivity contribution in [1.29, 1.82) is 0 Å². The zero-order valence-electron chi connectivity index (χ0n) is 13.4. The Labute approximate surface area is 127 Å². The van der Waals surface area contributed by atoms with Crippen LogP contribution in [0, 0.1) is 5.41 Å². The van der Waals surface area contributed by atoms with Crippen molar-refractivity contribution in [1.82, 2.24) is 4.90 Å². The molecule has 21 heavy (non-hydrogen) atoms. The van der Waals surface area contributed by atoms with Crippen LogP contribution in [0.5, 0.6) is 0 Å². The van der Waals surface area contributed by atoms with Gasteiger partial charge in [-0.05, 0) is 62.0 Å². The summed E-state index contributed by atoms with van der Waals surface area (Å²) in [5, 5.41) is 0. The molecule has 1 amide bonds. The van der Waals surface area contributed by atoms with Crippen molar-refractivity contribution in [3.63, 3.8) is 0 Å². The smallest absolute Gasteiger partial charge is 0.240 e. The van der Waals surface area contributed by atoms with Gasteiger partial charge in [-0.1, -0.05) is 13.8 Å². The average molecular weight is 289 g/mol. The van der Waals surface area contributed by atoms with Crippen molar-refractivity contribution in [3.05, 3.63) is 24.3 Å². The Kier molecular flexibility index (Phi) is 4.88. The standard InChI is InChI=1S/C17H27N3O/c1-17(2)9-4-11-20(12-10-17)13-16(21)19(3)15-7-5-14(18)6-8-15/h5-8H,4,9-13,18H2,1-3H3. The topological polar surface area (TPSA) is 49.6 Å². The van der Waals surface area contributed by atoms with Crippen LogP contribution >= 0.6 is 0 Å². The fourth-order valence-corrected chi connectivity index (χ4v) is 2.78.